The highest BCUT2D eigenvalue weighted by molar-refractivity contribution is 5.69. The average molecular weight is 570 g/mol. The van der Waals surface area contributed by atoms with Crippen LogP contribution in [0.3, 0.4) is 0 Å². The number of halogens is 4. The van der Waals surface area contributed by atoms with Crippen molar-refractivity contribution >= 4 is 5.70 Å². The van der Waals surface area contributed by atoms with E-state index in [4.69, 9.17) is 5.73 Å². The highest BCUT2D eigenvalue weighted by atomic mass is 19.4. The molecule has 2 saturated heterocycles. The standard InChI is InChI=1S/C34H43F4N3/c1-24(39)31-5-3-18-41(22-31)25(2)27-8-10-28(11-9-27)30-13-12-29(32(35)21-30)7-6-26-14-19-40(20-15-26)23-33(16-4-17-33)34(36,37)38/h8-13,21,26,31H,1-7,14-20,22-23,39H2. The zero-order valence-electron chi connectivity index (χ0n) is 24.0. The van der Waals surface area contributed by atoms with E-state index in [1.165, 1.54) is 0 Å². The molecule has 3 fully saturated rings. The fraction of sp³-hybridized carbons (Fsp3) is 0.529. The Balaban J connectivity index is 1.12. The number of likely N-dealkylation sites (tertiary alicyclic amines) is 2. The number of benzene rings is 2. The molecule has 0 spiro atoms. The molecule has 41 heavy (non-hydrogen) atoms. The summed E-state index contributed by atoms with van der Waals surface area (Å²) < 4.78 is 55.7. The van der Waals surface area contributed by atoms with E-state index in [2.05, 4.69) is 18.1 Å². The number of aryl methyl sites for hydroxylation is 1. The lowest BCUT2D eigenvalue weighted by atomic mass is 9.67. The molecule has 0 radical (unpaired) electrons. The second kappa shape index (κ2) is 12.2. The van der Waals surface area contributed by atoms with Crippen LogP contribution in [0.25, 0.3) is 16.8 Å². The van der Waals surface area contributed by atoms with Crippen LogP contribution in [-0.2, 0) is 6.42 Å². The Morgan fingerprint density at radius 2 is 1.61 bits per heavy atom. The molecule has 2 aromatic carbocycles. The molecule has 7 heteroatoms. The molecule has 2 aliphatic heterocycles. The Morgan fingerprint density at radius 3 is 2.20 bits per heavy atom. The average Bonchev–Trinajstić information content (AvgIpc) is 2.94. The van der Waals surface area contributed by atoms with Crippen molar-refractivity contribution in [3.63, 3.8) is 0 Å². The van der Waals surface area contributed by atoms with E-state index >= 15 is 4.39 Å². The van der Waals surface area contributed by atoms with Gasteiger partial charge < -0.3 is 15.5 Å². The van der Waals surface area contributed by atoms with Gasteiger partial charge in [-0.2, -0.15) is 13.2 Å². The monoisotopic (exact) mass is 569 g/mol. The van der Waals surface area contributed by atoms with Gasteiger partial charge in [-0.25, -0.2) is 4.39 Å². The third-order valence-corrected chi connectivity index (χ3v) is 9.90. The van der Waals surface area contributed by atoms with Crippen molar-refractivity contribution in [2.45, 2.75) is 64.0 Å². The van der Waals surface area contributed by atoms with Gasteiger partial charge in [0.2, 0.25) is 0 Å². The maximum Gasteiger partial charge on any atom is 0.395 e. The van der Waals surface area contributed by atoms with E-state index in [0.29, 0.717) is 37.4 Å². The van der Waals surface area contributed by atoms with Crippen LogP contribution < -0.4 is 5.73 Å². The van der Waals surface area contributed by atoms with Crippen molar-refractivity contribution in [1.29, 1.82) is 0 Å². The molecule has 1 atom stereocenters. The van der Waals surface area contributed by atoms with Gasteiger partial charge in [0.25, 0.3) is 0 Å². The fourth-order valence-electron chi connectivity index (χ4n) is 6.85. The third kappa shape index (κ3) is 6.66. The number of hydrogen-bond donors (Lipinski definition) is 1. The first kappa shape index (κ1) is 29.7. The summed E-state index contributed by atoms with van der Waals surface area (Å²) in [6.45, 7) is 11.6. The summed E-state index contributed by atoms with van der Waals surface area (Å²) >= 11 is 0. The van der Waals surface area contributed by atoms with Crippen LogP contribution in [0.2, 0.25) is 0 Å². The molecule has 3 nitrogen and oxygen atoms in total. The molecular formula is C34H43F4N3. The minimum atomic E-state index is -4.11. The smallest absolute Gasteiger partial charge is 0.395 e. The third-order valence-electron chi connectivity index (χ3n) is 9.90. The summed E-state index contributed by atoms with van der Waals surface area (Å²) in [4.78, 5) is 4.27. The first-order valence-corrected chi connectivity index (χ1v) is 15.1. The Bertz CT molecular complexity index is 1220. The molecule has 1 unspecified atom stereocenters. The largest absolute Gasteiger partial charge is 0.402 e. The first-order chi connectivity index (χ1) is 19.5. The van der Waals surface area contributed by atoms with Crippen molar-refractivity contribution in [3.8, 4) is 11.1 Å². The van der Waals surface area contributed by atoms with E-state index in [-0.39, 0.29) is 31.1 Å². The molecule has 1 aliphatic carbocycles. The fourth-order valence-corrected chi connectivity index (χ4v) is 6.85. The van der Waals surface area contributed by atoms with Gasteiger partial charge in [-0.3, -0.25) is 0 Å². The van der Waals surface area contributed by atoms with Crippen LogP contribution >= 0.6 is 0 Å². The van der Waals surface area contributed by atoms with Gasteiger partial charge in [0, 0.05) is 36.9 Å². The van der Waals surface area contributed by atoms with E-state index in [9.17, 15) is 13.2 Å². The van der Waals surface area contributed by atoms with Crippen LogP contribution in [0.15, 0.2) is 61.3 Å². The van der Waals surface area contributed by atoms with Crippen LogP contribution in [0, 0.1) is 23.1 Å². The molecule has 222 valence electrons. The molecule has 1 saturated carbocycles. The Hall–Kier alpha value is -2.80. The van der Waals surface area contributed by atoms with E-state index in [1.54, 1.807) is 6.07 Å². The molecule has 5 rings (SSSR count). The number of hydrogen-bond acceptors (Lipinski definition) is 3. The minimum Gasteiger partial charge on any atom is -0.402 e. The van der Waals surface area contributed by atoms with Crippen LogP contribution in [0.5, 0.6) is 0 Å². The SMILES string of the molecule is C=C(N)C1CCCN(C(=C)c2ccc(-c3ccc(CCC4CCN(CC5(C(F)(F)F)CCC5)CC4)c(F)c3)cc2)C1. The van der Waals surface area contributed by atoms with Gasteiger partial charge in [-0.15, -0.1) is 0 Å². The van der Waals surface area contributed by atoms with Crippen molar-refractivity contribution in [2.24, 2.45) is 23.0 Å². The Labute approximate surface area is 242 Å². The maximum absolute atomic E-state index is 15.1. The highest BCUT2D eigenvalue weighted by Gasteiger charge is 2.58. The van der Waals surface area contributed by atoms with E-state index in [1.807, 2.05) is 41.3 Å². The highest BCUT2D eigenvalue weighted by Crippen LogP contribution is 2.53. The predicted octanol–water partition coefficient (Wildman–Crippen LogP) is 8.03. The molecule has 2 heterocycles. The zero-order valence-corrected chi connectivity index (χ0v) is 24.0. The predicted molar refractivity (Wildman–Crippen MR) is 158 cm³/mol. The number of nitrogens with zero attached hydrogens (tertiary/aromatic N) is 2. The molecular weight excluding hydrogens is 526 g/mol. The maximum atomic E-state index is 15.1. The van der Waals surface area contributed by atoms with Crippen LogP contribution in [-0.4, -0.2) is 48.7 Å². The summed E-state index contributed by atoms with van der Waals surface area (Å²) in [6.07, 6.45) is 2.47. The first-order valence-electron chi connectivity index (χ1n) is 15.1. The minimum absolute atomic E-state index is 0.136. The molecule has 0 bridgehead atoms. The van der Waals surface area contributed by atoms with Crippen molar-refractivity contribution in [1.82, 2.24) is 9.80 Å². The topological polar surface area (TPSA) is 32.5 Å². The summed E-state index contributed by atoms with van der Waals surface area (Å²) in [7, 11) is 0. The number of rotatable bonds is 9. The molecule has 2 aromatic rings. The summed E-state index contributed by atoms with van der Waals surface area (Å²) in [6, 6.07) is 13.6. The molecule has 3 aliphatic rings. The lowest BCUT2D eigenvalue weighted by Crippen LogP contribution is -2.53. The molecule has 2 N–H and O–H groups in total. The van der Waals surface area contributed by atoms with Gasteiger partial charge >= 0.3 is 6.18 Å². The van der Waals surface area contributed by atoms with Gasteiger partial charge in [-0.05, 0) is 98.7 Å². The molecule has 0 amide bonds. The van der Waals surface area contributed by atoms with Crippen LogP contribution in [0.4, 0.5) is 17.6 Å². The summed E-state index contributed by atoms with van der Waals surface area (Å²) in [5.74, 6) is 0.510. The van der Waals surface area contributed by atoms with Gasteiger partial charge in [0.1, 0.15) is 5.82 Å². The van der Waals surface area contributed by atoms with E-state index < -0.39 is 11.6 Å². The van der Waals surface area contributed by atoms with E-state index in [0.717, 1.165) is 73.3 Å². The summed E-state index contributed by atoms with van der Waals surface area (Å²) in [5.41, 5.74) is 9.71. The van der Waals surface area contributed by atoms with Crippen molar-refractivity contribution in [3.05, 3.63) is 78.3 Å². The van der Waals surface area contributed by atoms with Gasteiger partial charge in [0.05, 0.1) is 5.41 Å². The molecule has 0 aromatic heterocycles. The quantitative estimate of drug-likeness (QED) is 0.311. The zero-order chi connectivity index (χ0) is 29.2. The number of piperidine rings is 2. The van der Waals surface area contributed by atoms with Crippen LogP contribution in [0.1, 0.15) is 62.5 Å². The lowest BCUT2D eigenvalue weighted by molar-refractivity contribution is -0.256. The van der Waals surface area contributed by atoms with Gasteiger partial charge in [0.15, 0.2) is 0 Å². The number of nitrogens with two attached hydrogens (primary N) is 1. The lowest BCUT2D eigenvalue weighted by Gasteiger charge is -2.47. The normalized spacial score (nSPS) is 21.9. The second-order valence-corrected chi connectivity index (χ2v) is 12.6. The van der Waals surface area contributed by atoms with Gasteiger partial charge in [-0.1, -0.05) is 56.0 Å². The summed E-state index contributed by atoms with van der Waals surface area (Å²) in [5, 5.41) is 0. The number of alkyl halides is 3. The Morgan fingerprint density at radius 1 is 0.927 bits per heavy atom. The van der Waals surface area contributed by atoms with Crippen molar-refractivity contribution in [2.75, 3.05) is 32.7 Å². The Kier molecular flexibility index (Phi) is 8.84. The van der Waals surface area contributed by atoms with Crippen molar-refractivity contribution < 1.29 is 17.6 Å². The second-order valence-electron chi connectivity index (χ2n) is 12.6.